The Labute approximate surface area is 119 Å². The molecule has 0 unspecified atom stereocenters. The summed E-state index contributed by atoms with van der Waals surface area (Å²) in [5.74, 6) is 1.63. The fraction of sp³-hybridized carbons (Fsp3) is 0.562. The quantitative estimate of drug-likeness (QED) is 0.793. The van der Waals surface area contributed by atoms with Gasteiger partial charge in [0.2, 0.25) is 0 Å². The van der Waals surface area contributed by atoms with Crippen molar-refractivity contribution in [2.24, 2.45) is 5.92 Å². The Hall–Kier alpha value is -1.55. The van der Waals surface area contributed by atoms with Gasteiger partial charge in [-0.3, -0.25) is 4.90 Å². The molecule has 108 valence electrons. The minimum absolute atomic E-state index is 0.0981. The summed E-state index contributed by atoms with van der Waals surface area (Å²) in [5, 5.41) is 0. The van der Waals surface area contributed by atoms with Crippen LogP contribution < -0.4 is 9.47 Å². The smallest absolute Gasteiger partial charge is 0.161 e. The predicted molar refractivity (Wildman–Crippen MR) is 76.4 cm³/mol. The average molecular weight is 275 g/mol. The number of hydrogen-bond donors (Lipinski definition) is 0. The molecule has 1 aromatic rings. The number of carbonyl (C=O) groups is 1. The molecule has 4 heteroatoms. The van der Waals surface area contributed by atoms with Gasteiger partial charge in [-0.1, -0.05) is 0 Å². The number of rotatable bonds is 3. The van der Waals surface area contributed by atoms with Crippen molar-refractivity contribution in [1.82, 2.24) is 4.90 Å². The average Bonchev–Trinajstić information content (AvgIpc) is 2.52. The molecule has 2 aliphatic heterocycles. The van der Waals surface area contributed by atoms with Crippen LogP contribution >= 0.6 is 0 Å². The third-order valence-electron chi connectivity index (χ3n) is 4.59. The second-order valence-electron chi connectivity index (χ2n) is 5.58. The fourth-order valence-electron chi connectivity index (χ4n) is 3.61. The molecule has 0 aliphatic carbocycles. The topological polar surface area (TPSA) is 38.8 Å². The van der Waals surface area contributed by atoms with Gasteiger partial charge in [0.25, 0.3) is 0 Å². The first-order valence-corrected chi connectivity index (χ1v) is 7.22. The Bertz CT molecular complexity index is 515. The first-order chi connectivity index (χ1) is 9.78. The SMILES string of the molecule is COc1cc2c(cc1OC)[C@H]1[C@@H](C=O)CCCN1CC2. The van der Waals surface area contributed by atoms with Gasteiger partial charge in [0.15, 0.2) is 11.5 Å². The van der Waals surface area contributed by atoms with Crippen LogP contribution in [0.15, 0.2) is 12.1 Å². The molecule has 2 heterocycles. The van der Waals surface area contributed by atoms with Gasteiger partial charge in [0.1, 0.15) is 6.29 Å². The molecule has 0 amide bonds. The minimum Gasteiger partial charge on any atom is -0.493 e. The number of benzene rings is 1. The highest BCUT2D eigenvalue weighted by Gasteiger charge is 2.36. The summed E-state index contributed by atoms with van der Waals surface area (Å²) in [6.45, 7) is 2.11. The normalized spacial score (nSPS) is 25.5. The van der Waals surface area contributed by atoms with Crippen molar-refractivity contribution in [2.45, 2.75) is 25.3 Å². The van der Waals surface area contributed by atoms with Crippen LogP contribution in [0.3, 0.4) is 0 Å². The predicted octanol–water partition coefficient (Wildman–Crippen LogP) is 2.21. The molecule has 20 heavy (non-hydrogen) atoms. The molecule has 1 saturated heterocycles. The molecule has 4 nitrogen and oxygen atoms in total. The lowest BCUT2D eigenvalue weighted by molar-refractivity contribution is -0.114. The van der Waals surface area contributed by atoms with E-state index in [0.717, 1.165) is 50.1 Å². The highest BCUT2D eigenvalue weighted by Crippen LogP contribution is 2.43. The van der Waals surface area contributed by atoms with Crippen molar-refractivity contribution in [3.8, 4) is 11.5 Å². The lowest BCUT2D eigenvalue weighted by atomic mass is 9.80. The Kier molecular flexibility index (Phi) is 3.66. The van der Waals surface area contributed by atoms with E-state index in [-0.39, 0.29) is 12.0 Å². The van der Waals surface area contributed by atoms with Crippen LogP contribution in [-0.2, 0) is 11.2 Å². The monoisotopic (exact) mass is 275 g/mol. The van der Waals surface area contributed by atoms with E-state index in [1.54, 1.807) is 14.2 Å². The maximum Gasteiger partial charge on any atom is 0.161 e. The molecule has 0 N–H and O–H groups in total. The van der Waals surface area contributed by atoms with Crippen molar-refractivity contribution in [3.05, 3.63) is 23.3 Å². The molecular weight excluding hydrogens is 254 g/mol. The largest absolute Gasteiger partial charge is 0.493 e. The van der Waals surface area contributed by atoms with Crippen LogP contribution in [0.1, 0.15) is 30.0 Å². The third-order valence-corrected chi connectivity index (χ3v) is 4.59. The minimum atomic E-state index is 0.0981. The summed E-state index contributed by atoms with van der Waals surface area (Å²) in [6.07, 6.45) is 4.24. The zero-order valence-electron chi connectivity index (χ0n) is 12.1. The number of ether oxygens (including phenoxy) is 2. The standard InChI is InChI=1S/C16H21NO3/c1-19-14-8-11-5-7-17-6-3-4-12(10-18)16(17)13(11)9-15(14)20-2/h8-10,12,16H,3-7H2,1-2H3/t12-,16-/m1/s1. The van der Waals surface area contributed by atoms with Crippen molar-refractivity contribution < 1.29 is 14.3 Å². The van der Waals surface area contributed by atoms with Crippen molar-refractivity contribution in [3.63, 3.8) is 0 Å². The van der Waals surface area contributed by atoms with Gasteiger partial charge >= 0.3 is 0 Å². The first-order valence-electron chi connectivity index (χ1n) is 7.22. The second kappa shape index (κ2) is 5.44. The highest BCUT2D eigenvalue weighted by molar-refractivity contribution is 5.58. The van der Waals surface area contributed by atoms with Gasteiger partial charge in [-0.2, -0.15) is 0 Å². The van der Waals surface area contributed by atoms with E-state index >= 15 is 0 Å². The van der Waals surface area contributed by atoms with E-state index in [4.69, 9.17) is 9.47 Å². The molecular formula is C16H21NO3. The molecule has 0 aromatic heterocycles. The van der Waals surface area contributed by atoms with Crippen LogP contribution in [0, 0.1) is 5.92 Å². The number of fused-ring (bicyclic) bond motifs is 3. The number of carbonyl (C=O) groups excluding carboxylic acids is 1. The summed E-state index contributed by atoms with van der Waals surface area (Å²) >= 11 is 0. The van der Waals surface area contributed by atoms with Crippen molar-refractivity contribution in [2.75, 3.05) is 27.3 Å². The number of nitrogens with zero attached hydrogens (tertiary/aromatic N) is 1. The fourth-order valence-corrected chi connectivity index (χ4v) is 3.61. The molecule has 2 atom stereocenters. The third kappa shape index (κ3) is 2.08. The van der Waals surface area contributed by atoms with Gasteiger partial charge < -0.3 is 14.3 Å². The van der Waals surface area contributed by atoms with Crippen LogP contribution in [-0.4, -0.2) is 38.5 Å². The van der Waals surface area contributed by atoms with Gasteiger partial charge in [-0.05, 0) is 49.1 Å². The molecule has 0 bridgehead atoms. The summed E-state index contributed by atoms with van der Waals surface area (Å²) in [6, 6.07) is 4.35. The van der Waals surface area contributed by atoms with E-state index in [1.165, 1.54) is 11.1 Å². The van der Waals surface area contributed by atoms with E-state index in [0.29, 0.717) is 0 Å². The van der Waals surface area contributed by atoms with Gasteiger partial charge in [0.05, 0.1) is 14.2 Å². The number of hydrogen-bond acceptors (Lipinski definition) is 4. The maximum atomic E-state index is 11.4. The van der Waals surface area contributed by atoms with E-state index < -0.39 is 0 Å². The molecule has 0 saturated carbocycles. The van der Waals surface area contributed by atoms with Crippen LogP contribution in [0.4, 0.5) is 0 Å². The highest BCUT2D eigenvalue weighted by atomic mass is 16.5. The summed E-state index contributed by atoms with van der Waals surface area (Å²) in [5.41, 5.74) is 2.53. The van der Waals surface area contributed by atoms with Crippen LogP contribution in [0.25, 0.3) is 0 Å². The lowest BCUT2D eigenvalue weighted by Gasteiger charge is -2.43. The summed E-state index contributed by atoms with van der Waals surface area (Å²) < 4.78 is 10.8. The van der Waals surface area contributed by atoms with Crippen LogP contribution in [0.2, 0.25) is 0 Å². The summed E-state index contributed by atoms with van der Waals surface area (Å²) in [4.78, 5) is 13.9. The molecule has 0 spiro atoms. The van der Waals surface area contributed by atoms with Crippen molar-refractivity contribution >= 4 is 6.29 Å². The van der Waals surface area contributed by atoms with E-state index in [1.807, 2.05) is 0 Å². The Morgan fingerprint density at radius 2 is 1.95 bits per heavy atom. The first kappa shape index (κ1) is 13.4. The lowest BCUT2D eigenvalue weighted by Crippen LogP contribution is -2.43. The number of methoxy groups -OCH3 is 2. The second-order valence-corrected chi connectivity index (χ2v) is 5.58. The van der Waals surface area contributed by atoms with E-state index in [9.17, 15) is 4.79 Å². The zero-order valence-corrected chi connectivity index (χ0v) is 12.1. The molecule has 1 fully saturated rings. The molecule has 0 radical (unpaired) electrons. The molecule has 2 aliphatic rings. The van der Waals surface area contributed by atoms with E-state index in [2.05, 4.69) is 17.0 Å². The van der Waals surface area contributed by atoms with Crippen LogP contribution in [0.5, 0.6) is 11.5 Å². The van der Waals surface area contributed by atoms with Crippen molar-refractivity contribution in [1.29, 1.82) is 0 Å². The zero-order chi connectivity index (χ0) is 14.1. The Balaban J connectivity index is 2.07. The Morgan fingerprint density at radius 1 is 1.20 bits per heavy atom. The molecule has 3 rings (SSSR count). The Morgan fingerprint density at radius 3 is 2.65 bits per heavy atom. The number of aldehydes is 1. The maximum absolute atomic E-state index is 11.4. The van der Waals surface area contributed by atoms with Gasteiger partial charge in [-0.25, -0.2) is 0 Å². The van der Waals surface area contributed by atoms with Gasteiger partial charge in [0, 0.05) is 18.5 Å². The molecule has 1 aromatic carbocycles. The number of piperidine rings is 1. The summed E-state index contributed by atoms with van der Waals surface area (Å²) in [7, 11) is 3.32. The van der Waals surface area contributed by atoms with Gasteiger partial charge in [-0.15, -0.1) is 0 Å².